The summed E-state index contributed by atoms with van der Waals surface area (Å²) in [5.41, 5.74) is 0.186. The molecule has 1 amide bonds. The highest BCUT2D eigenvalue weighted by molar-refractivity contribution is 7.99. The second-order valence-corrected chi connectivity index (χ2v) is 7.01. The Kier molecular flexibility index (Phi) is 6.36. The van der Waals surface area contributed by atoms with E-state index in [1.54, 1.807) is 0 Å². The van der Waals surface area contributed by atoms with Gasteiger partial charge in [0.15, 0.2) is 0 Å². The Hall–Kier alpha value is -0.750. The van der Waals surface area contributed by atoms with E-state index in [4.69, 9.17) is 9.47 Å². The van der Waals surface area contributed by atoms with E-state index in [-0.39, 0.29) is 17.3 Å². The molecule has 0 N–H and O–H groups in total. The van der Waals surface area contributed by atoms with E-state index in [2.05, 4.69) is 0 Å². The molecule has 6 heteroatoms. The van der Waals surface area contributed by atoms with E-state index in [1.165, 1.54) is 7.11 Å². The molecule has 1 saturated heterocycles. The molecular formula is C15H25NO4S. The molecule has 0 spiro atoms. The zero-order valence-electron chi connectivity index (χ0n) is 12.8. The predicted molar refractivity (Wildman–Crippen MR) is 82.3 cm³/mol. The lowest BCUT2D eigenvalue weighted by Crippen LogP contribution is -2.40. The summed E-state index contributed by atoms with van der Waals surface area (Å²) in [6, 6.07) is 0. The number of hydrogen-bond donors (Lipinski definition) is 0. The lowest BCUT2D eigenvalue weighted by atomic mass is 10.1. The van der Waals surface area contributed by atoms with Crippen molar-refractivity contribution < 1.29 is 19.1 Å². The second-order valence-electron chi connectivity index (χ2n) is 5.90. The highest BCUT2D eigenvalue weighted by Gasteiger charge is 2.44. The average Bonchev–Trinajstić information content (AvgIpc) is 3.27. The van der Waals surface area contributed by atoms with E-state index < -0.39 is 0 Å². The first-order valence-corrected chi connectivity index (χ1v) is 8.81. The number of hydrogen-bond acceptors (Lipinski definition) is 5. The minimum atomic E-state index is -0.101. The van der Waals surface area contributed by atoms with Crippen LogP contribution in [0.3, 0.4) is 0 Å². The number of rotatable bonds is 8. The summed E-state index contributed by atoms with van der Waals surface area (Å²) >= 11 is 1.86. The van der Waals surface area contributed by atoms with Gasteiger partial charge in [-0.15, -0.1) is 0 Å². The minimum Gasteiger partial charge on any atom is -0.469 e. The van der Waals surface area contributed by atoms with E-state index in [0.717, 1.165) is 43.9 Å². The van der Waals surface area contributed by atoms with Gasteiger partial charge in [0, 0.05) is 19.5 Å². The van der Waals surface area contributed by atoms with E-state index in [0.29, 0.717) is 26.1 Å². The lowest BCUT2D eigenvalue weighted by Gasteiger charge is -2.26. The molecule has 0 radical (unpaired) electrons. The Balaban J connectivity index is 1.53. The molecule has 0 aromatic carbocycles. The molecule has 120 valence electrons. The number of thioether (sulfide) groups is 1. The minimum absolute atomic E-state index is 0.101. The number of nitrogens with zero attached hydrogens (tertiary/aromatic N) is 1. The normalized spacial score (nSPS) is 20.1. The van der Waals surface area contributed by atoms with Gasteiger partial charge in [0.25, 0.3) is 0 Å². The van der Waals surface area contributed by atoms with Crippen LogP contribution in [0.15, 0.2) is 0 Å². The van der Waals surface area contributed by atoms with Crippen molar-refractivity contribution in [2.45, 2.75) is 32.1 Å². The number of methoxy groups -OCH3 is 1. The summed E-state index contributed by atoms with van der Waals surface area (Å²) in [4.78, 5) is 25.2. The van der Waals surface area contributed by atoms with Gasteiger partial charge in [-0.3, -0.25) is 9.59 Å². The number of ether oxygens (including phenoxy) is 2. The van der Waals surface area contributed by atoms with Crippen LogP contribution in [0.1, 0.15) is 32.1 Å². The van der Waals surface area contributed by atoms with Crippen molar-refractivity contribution in [2.24, 2.45) is 5.41 Å². The van der Waals surface area contributed by atoms with E-state index in [9.17, 15) is 9.59 Å². The van der Waals surface area contributed by atoms with Crippen LogP contribution < -0.4 is 0 Å². The summed E-state index contributed by atoms with van der Waals surface area (Å²) in [6.07, 6.45) is 4.33. The molecule has 21 heavy (non-hydrogen) atoms. The zero-order chi connectivity index (χ0) is 15.1. The fourth-order valence-corrected chi connectivity index (χ4v) is 3.83. The molecule has 2 rings (SSSR count). The topological polar surface area (TPSA) is 55.8 Å². The number of morpholine rings is 1. The third-order valence-electron chi connectivity index (χ3n) is 4.16. The van der Waals surface area contributed by atoms with Crippen LogP contribution >= 0.6 is 11.8 Å². The van der Waals surface area contributed by atoms with Gasteiger partial charge < -0.3 is 14.4 Å². The fraction of sp³-hybridized carbons (Fsp3) is 0.867. The summed E-state index contributed by atoms with van der Waals surface area (Å²) in [7, 11) is 1.45. The van der Waals surface area contributed by atoms with Gasteiger partial charge in [-0.1, -0.05) is 0 Å². The Labute approximate surface area is 130 Å². The van der Waals surface area contributed by atoms with Crippen molar-refractivity contribution in [3.8, 4) is 0 Å². The predicted octanol–water partition coefficient (Wildman–Crippen LogP) is 1.70. The maximum absolute atomic E-state index is 12.0. The third kappa shape index (κ3) is 5.51. The van der Waals surface area contributed by atoms with Crippen molar-refractivity contribution in [3.05, 3.63) is 0 Å². The average molecular weight is 315 g/mol. The number of esters is 1. The van der Waals surface area contributed by atoms with Crippen molar-refractivity contribution in [2.75, 3.05) is 44.9 Å². The second kappa shape index (κ2) is 8.03. The SMILES string of the molecule is COC(=O)CC1(CSCCCC(=O)N2CCOCC2)CC1. The lowest BCUT2D eigenvalue weighted by molar-refractivity contribution is -0.141. The number of amides is 1. The summed E-state index contributed by atoms with van der Waals surface area (Å²) in [5.74, 6) is 2.14. The molecule has 0 atom stereocenters. The fourth-order valence-electron chi connectivity index (χ4n) is 2.51. The van der Waals surface area contributed by atoms with Gasteiger partial charge in [0.2, 0.25) is 5.91 Å². The highest BCUT2D eigenvalue weighted by Crippen LogP contribution is 2.51. The maximum atomic E-state index is 12.0. The molecule has 2 fully saturated rings. The molecule has 1 aliphatic heterocycles. The smallest absolute Gasteiger partial charge is 0.306 e. The number of carbonyl (C=O) groups is 2. The Morgan fingerprint density at radius 2 is 2.00 bits per heavy atom. The van der Waals surface area contributed by atoms with Crippen LogP contribution in [0.25, 0.3) is 0 Å². The third-order valence-corrected chi connectivity index (χ3v) is 5.55. The molecular weight excluding hydrogens is 290 g/mol. The van der Waals surface area contributed by atoms with Crippen LogP contribution in [0.2, 0.25) is 0 Å². The Morgan fingerprint density at radius 3 is 2.62 bits per heavy atom. The molecule has 0 aromatic heterocycles. The van der Waals surface area contributed by atoms with Gasteiger partial charge in [0.1, 0.15) is 0 Å². The first-order valence-electron chi connectivity index (χ1n) is 7.65. The first kappa shape index (κ1) is 16.6. The molecule has 1 saturated carbocycles. The monoisotopic (exact) mass is 315 g/mol. The molecule has 0 bridgehead atoms. The standard InChI is InChI=1S/C15H25NO4S/c1-19-14(18)11-15(4-5-15)12-21-10-2-3-13(17)16-6-8-20-9-7-16/h2-12H2,1H3. The summed E-state index contributed by atoms with van der Waals surface area (Å²) in [5, 5.41) is 0. The van der Waals surface area contributed by atoms with E-state index >= 15 is 0 Å². The van der Waals surface area contributed by atoms with Gasteiger partial charge in [-0.05, 0) is 36.2 Å². The van der Waals surface area contributed by atoms with Crippen molar-refractivity contribution in [1.29, 1.82) is 0 Å². The van der Waals surface area contributed by atoms with Crippen LogP contribution in [0.5, 0.6) is 0 Å². The molecule has 1 heterocycles. The molecule has 5 nitrogen and oxygen atoms in total. The van der Waals surface area contributed by atoms with Gasteiger partial charge >= 0.3 is 5.97 Å². The van der Waals surface area contributed by atoms with Crippen molar-refractivity contribution in [1.82, 2.24) is 4.90 Å². The van der Waals surface area contributed by atoms with Gasteiger partial charge in [-0.25, -0.2) is 0 Å². The quantitative estimate of drug-likeness (QED) is 0.504. The van der Waals surface area contributed by atoms with Gasteiger partial charge in [-0.2, -0.15) is 11.8 Å². The van der Waals surface area contributed by atoms with Crippen molar-refractivity contribution in [3.63, 3.8) is 0 Å². The Morgan fingerprint density at radius 1 is 1.29 bits per heavy atom. The Bertz CT molecular complexity index is 365. The maximum Gasteiger partial charge on any atom is 0.306 e. The molecule has 2 aliphatic rings. The highest BCUT2D eigenvalue weighted by atomic mass is 32.2. The first-order chi connectivity index (χ1) is 10.2. The summed E-state index contributed by atoms with van der Waals surface area (Å²) < 4.78 is 9.99. The number of carbonyl (C=O) groups excluding carboxylic acids is 2. The summed E-state index contributed by atoms with van der Waals surface area (Å²) in [6.45, 7) is 2.79. The van der Waals surface area contributed by atoms with Crippen LogP contribution in [-0.4, -0.2) is 61.7 Å². The largest absolute Gasteiger partial charge is 0.469 e. The van der Waals surface area contributed by atoms with Crippen LogP contribution in [0, 0.1) is 5.41 Å². The van der Waals surface area contributed by atoms with Crippen LogP contribution in [0.4, 0.5) is 0 Å². The zero-order valence-corrected chi connectivity index (χ0v) is 13.6. The van der Waals surface area contributed by atoms with Crippen molar-refractivity contribution >= 4 is 23.6 Å². The van der Waals surface area contributed by atoms with E-state index in [1.807, 2.05) is 16.7 Å². The molecule has 0 aromatic rings. The van der Waals surface area contributed by atoms with Crippen LogP contribution in [-0.2, 0) is 19.1 Å². The van der Waals surface area contributed by atoms with Gasteiger partial charge in [0.05, 0.1) is 26.7 Å². The molecule has 1 aliphatic carbocycles. The molecule has 0 unspecified atom stereocenters.